The fourth-order valence-corrected chi connectivity index (χ4v) is 3.31. The average Bonchev–Trinajstić information content (AvgIpc) is 2.87. The third kappa shape index (κ3) is 7.08. The second kappa shape index (κ2) is 8.20. The highest BCUT2D eigenvalue weighted by Gasteiger charge is 2.40. The van der Waals surface area contributed by atoms with Crippen molar-refractivity contribution in [2.24, 2.45) is 0 Å². The van der Waals surface area contributed by atoms with E-state index >= 15 is 0 Å². The first-order valence-electron chi connectivity index (χ1n) is 8.64. The van der Waals surface area contributed by atoms with Crippen LogP contribution in [-0.4, -0.2) is 69.5 Å². The van der Waals surface area contributed by atoms with E-state index in [2.05, 4.69) is 0 Å². The largest absolute Gasteiger partial charge is 0.444 e. The molecule has 9 heteroatoms. The van der Waals surface area contributed by atoms with Crippen LogP contribution < -0.4 is 0 Å². The first-order valence-corrected chi connectivity index (χ1v) is 10.5. The highest BCUT2D eigenvalue weighted by molar-refractivity contribution is 7.85. The zero-order valence-electron chi connectivity index (χ0n) is 15.4. The molecule has 0 radical (unpaired) electrons. The minimum atomic E-state index is -3.58. The van der Waals surface area contributed by atoms with E-state index < -0.39 is 27.9 Å². The monoisotopic (exact) mass is 379 g/mol. The van der Waals surface area contributed by atoms with Crippen molar-refractivity contribution in [3.63, 3.8) is 0 Å². The molecule has 2 aliphatic rings. The number of carbonyl (C=O) groups is 1. The van der Waals surface area contributed by atoms with Crippen LogP contribution in [0.5, 0.6) is 0 Å². The summed E-state index contributed by atoms with van der Waals surface area (Å²) in [4.78, 5) is 13.9. The van der Waals surface area contributed by atoms with Gasteiger partial charge in [-0.05, 0) is 46.5 Å². The lowest BCUT2D eigenvalue weighted by atomic mass is 10.2. The van der Waals surface area contributed by atoms with Crippen molar-refractivity contribution in [2.45, 2.75) is 70.5 Å². The van der Waals surface area contributed by atoms with Crippen LogP contribution in [0.4, 0.5) is 4.79 Å². The van der Waals surface area contributed by atoms with Crippen molar-refractivity contribution < 1.29 is 31.6 Å². The van der Waals surface area contributed by atoms with Gasteiger partial charge in [0.25, 0.3) is 10.1 Å². The van der Waals surface area contributed by atoms with E-state index in [9.17, 15) is 13.2 Å². The maximum atomic E-state index is 12.4. The molecule has 2 aliphatic heterocycles. The average molecular weight is 379 g/mol. The standard InChI is InChI=1S/C16H29NO7S/c1-16(2,3)24-15(18)17-10-13(23-14-7-5-6-8-21-14)9-12(17)11-22-25(4,19)20/h12-14H,5-11H2,1-4H3/t12-,13-,14?/m0/s1. The molecule has 25 heavy (non-hydrogen) atoms. The molecule has 2 saturated heterocycles. The molecule has 146 valence electrons. The van der Waals surface area contributed by atoms with Gasteiger partial charge in [-0.2, -0.15) is 8.42 Å². The molecule has 0 saturated carbocycles. The van der Waals surface area contributed by atoms with Crippen molar-refractivity contribution in [3.8, 4) is 0 Å². The summed E-state index contributed by atoms with van der Waals surface area (Å²) in [5.74, 6) is 0. The van der Waals surface area contributed by atoms with Crippen molar-refractivity contribution in [3.05, 3.63) is 0 Å². The van der Waals surface area contributed by atoms with Gasteiger partial charge in [0.15, 0.2) is 6.29 Å². The summed E-state index contributed by atoms with van der Waals surface area (Å²) in [6.07, 6.45) is 3.38. The minimum absolute atomic E-state index is 0.108. The quantitative estimate of drug-likeness (QED) is 0.674. The third-order valence-electron chi connectivity index (χ3n) is 3.96. The van der Waals surface area contributed by atoms with E-state index in [1.807, 2.05) is 0 Å². The van der Waals surface area contributed by atoms with Crippen LogP contribution in [0.3, 0.4) is 0 Å². The summed E-state index contributed by atoms with van der Waals surface area (Å²) >= 11 is 0. The Kier molecular flexibility index (Phi) is 6.69. The number of hydrogen-bond acceptors (Lipinski definition) is 7. The predicted molar refractivity (Wildman–Crippen MR) is 90.6 cm³/mol. The minimum Gasteiger partial charge on any atom is -0.444 e. The molecule has 8 nitrogen and oxygen atoms in total. The second-order valence-electron chi connectivity index (χ2n) is 7.57. The van der Waals surface area contributed by atoms with Crippen LogP contribution in [0.25, 0.3) is 0 Å². The van der Waals surface area contributed by atoms with Gasteiger partial charge in [0.2, 0.25) is 0 Å². The van der Waals surface area contributed by atoms with Crippen LogP contribution in [0.15, 0.2) is 0 Å². The van der Waals surface area contributed by atoms with Gasteiger partial charge in [-0.15, -0.1) is 0 Å². The van der Waals surface area contributed by atoms with E-state index in [1.54, 1.807) is 20.8 Å². The lowest BCUT2D eigenvalue weighted by Crippen LogP contribution is -2.42. The number of ether oxygens (including phenoxy) is 3. The first kappa shape index (κ1) is 20.4. The van der Waals surface area contributed by atoms with Crippen LogP contribution in [0.1, 0.15) is 46.5 Å². The summed E-state index contributed by atoms with van der Waals surface area (Å²) < 4.78 is 44.4. The molecular formula is C16H29NO7S. The van der Waals surface area contributed by atoms with Crippen molar-refractivity contribution in [1.82, 2.24) is 4.90 Å². The van der Waals surface area contributed by atoms with Gasteiger partial charge in [-0.3, -0.25) is 4.18 Å². The van der Waals surface area contributed by atoms with Gasteiger partial charge in [0.05, 0.1) is 31.6 Å². The van der Waals surface area contributed by atoms with Gasteiger partial charge >= 0.3 is 6.09 Å². The fraction of sp³-hybridized carbons (Fsp3) is 0.938. The summed E-state index contributed by atoms with van der Waals surface area (Å²) in [7, 11) is -3.58. The first-order chi connectivity index (χ1) is 11.5. The molecule has 0 N–H and O–H groups in total. The molecule has 2 fully saturated rings. The normalized spacial score (nSPS) is 28.2. The lowest BCUT2D eigenvalue weighted by Gasteiger charge is -2.28. The SMILES string of the molecule is CC(C)(C)OC(=O)N1C[C@@H](OC2CCCCO2)C[C@H]1COS(C)(=O)=O. The smallest absolute Gasteiger partial charge is 0.410 e. The van der Waals surface area contributed by atoms with E-state index in [0.717, 1.165) is 25.5 Å². The summed E-state index contributed by atoms with van der Waals surface area (Å²) in [5, 5.41) is 0. The third-order valence-corrected chi connectivity index (χ3v) is 4.52. The molecular weight excluding hydrogens is 350 g/mol. The van der Waals surface area contributed by atoms with E-state index in [0.29, 0.717) is 19.6 Å². The number of likely N-dealkylation sites (tertiary alicyclic amines) is 1. The van der Waals surface area contributed by atoms with Crippen molar-refractivity contribution >= 4 is 16.2 Å². The molecule has 3 atom stereocenters. The van der Waals surface area contributed by atoms with Gasteiger partial charge < -0.3 is 19.1 Å². The molecule has 0 spiro atoms. The Labute approximate surface area is 149 Å². The summed E-state index contributed by atoms with van der Waals surface area (Å²) in [5.41, 5.74) is -0.634. The van der Waals surface area contributed by atoms with Crippen LogP contribution in [-0.2, 0) is 28.5 Å². The number of hydrogen-bond donors (Lipinski definition) is 0. The molecule has 2 heterocycles. The zero-order chi connectivity index (χ0) is 18.7. The van der Waals surface area contributed by atoms with Crippen LogP contribution in [0.2, 0.25) is 0 Å². The number of rotatable bonds is 5. The Hall–Kier alpha value is -0.900. The Morgan fingerprint density at radius 2 is 2.00 bits per heavy atom. The van der Waals surface area contributed by atoms with Gasteiger partial charge in [0, 0.05) is 6.61 Å². The van der Waals surface area contributed by atoms with E-state index in [-0.39, 0.29) is 19.0 Å². The Balaban J connectivity index is 1.99. The molecule has 1 unspecified atom stereocenters. The Bertz CT molecular complexity index is 551. The highest BCUT2D eigenvalue weighted by atomic mass is 32.2. The van der Waals surface area contributed by atoms with Crippen molar-refractivity contribution in [1.29, 1.82) is 0 Å². The maximum absolute atomic E-state index is 12.4. The molecule has 2 rings (SSSR count). The topological polar surface area (TPSA) is 91.4 Å². The Morgan fingerprint density at radius 1 is 1.28 bits per heavy atom. The van der Waals surface area contributed by atoms with Gasteiger partial charge in [-0.1, -0.05) is 0 Å². The Morgan fingerprint density at radius 3 is 2.56 bits per heavy atom. The number of nitrogens with zero attached hydrogens (tertiary/aromatic N) is 1. The molecule has 1 amide bonds. The maximum Gasteiger partial charge on any atom is 0.410 e. The number of carbonyl (C=O) groups excluding carboxylic acids is 1. The molecule has 0 aromatic rings. The van der Waals surface area contributed by atoms with E-state index in [4.69, 9.17) is 18.4 Å². The van der Waals surface area contributed by atoms with Crippen LogP contribution in [0, 0.1) is 0 Å². The zero-order valence-corrected chi connectivity index (χ0v) is 16.2. The molecule has 0 bridgehead atoms. The van der Waals surface area contributed by atoms with Gasteiger partial charge in [0.1, 0.15) is 5.60 Å². The highest BCUT2D eigenvalue weighted by Crippen LogP contribution is 2.26. The van der Waals surface area contributed by atoms with Gasteiger partial charge in [-0.25, -0.2) is 4.79 Å². The fourth-order valence-electron chi connectivity index (χ4n) is 2.91. The lowest BCUT2D eigenvalue weighted by molar-refractivity contribution is -0.185. The summed E-state index contributed by atoms with van der Waals surface area (Å²) in [6.45, 7) is 6.25. The molecule has 0 aromatic carbocycles. The summed E-state index contributed by atoms with van der Waals surface area (Å²) in [6, 6.07) is -0.418. The van der Waals surface area contributed by atoms with Crippen LogP contribution >= 0.6 is 0 Å². The predicted octanol–water partition coefficient (Wildman–Crippen LogP) is 1.88. The second-order valence-corrected chi connectivity index (χ2v) is 9.21. The molecule has 0 aromatic heterocycles. The number of amides is 1. The van der Waals surface area contributed by atoms with E-state index in [1.165, 1.54) is 4.90 Å². The molecule has 0 aliphatic carbocycles. The van der Waals surface area contributed by atoms with Crippen molar-refractivity contribution in [2.75, 3.05) is 26.0 Å².